The van der Waals surface area contributed by atoms with Crippen LogP contribution in [0.2, 0.25) is 5.02 Å². The van der Waals surface area contributed by atoms with E-state index in [0.717, 1.165) is 5.82 Å². The van der Waals surface area contributed by atoms with Crippen LogP contribution in [0.15, 0.2) is 42.6 Å². The molecule has 6 nitrogen and oxygen atoms in total. The number of carbonyl (C=O) groups excluding carboxylic acids is 2. The van der Waals surface area contributed by atoms with Crippen LogP contribution < -0.4 is 10.2 Å². The van der Waals surface area contributed by atoms with Gasteiger partial charge in [-0.15, -0.1) is 0 Å². The van der Waals surface area contributed by atoms with Crippen molar-refractivity contribution in [3.05, 3.63) is 58.7 Å². The van der Waals surface area contributed by atoms with Crippen molar-refractivity contribution in [2.75, 3.05) is 26.1 Å². The molecule has 25 heavy (non-hydrogen) atoms. The molecular formula is C18H20ClN3O3. The summed E-state index contributed by atoms with van der Waals surface area (Å²) in [6.07, 6.45) is 1.47. The zero-order chi connectivity index (χ0) is 18.4. The SMILES string of the molecule is COC(=O)C[C@@H](NC(=O)c1ccc(N(C)C)nc1)c1ccccc1Cl. The van der Waals surface area contributed by atoms with E-state index in [0.29, 0.717) is 16.1 Å². The number of anilines is 1. The number of carbonyl (C=O) groups is 2. The molecule has 0 spiro atoms. The van der Waals surface area contributed by atoms with Crippen molar-refractivity contribution in [1.82, 2.24) is 10.3 Å². The van der Waals surface area contributed by atoms with E-state index in [4.69, 9.17) is 16.3 Å². The average Bonchev–Trinajstić information content (AvgIpc) is 2.61. The van der Waals surface area contributed by atoms with Crippen LogP contribution in [0.25, 0.3) is 0 Å². The van der Waals surface area contributed by atoms with E-state index in [1.54, 1.807) is 36.4 Å². The first kappa shape index (κ1) is 18.7. The van der Waals surface area contributed by atoms with Crippen LogP contribution in [0.4, 0.5) is 5.82 Å². The third-order valence-corrected chi connectivity index (χ3v) is 4.00. The van der Waals surface area contributed by atoms with Gasteiger partial charge in [0.2, 0.25) is 0 Å². The Bertz CT molecular complexity index is 747. The summed E-state index contributed by atoms with van der Waals surface area (Å²) in [5, 5.41) is 3.30. The van der Waals surface area contributed by atoms with E-state index in [2.05, 4.69) is 10.3 Å². The molecule has 0 aliphatic rings. The number of methoxy groups -OCH3 is 1. The van der Waals surface area contributed by atoms with E-state index >= 15 is 0 Å². The van der Waals surface area contributed by atoms with E-state index in [1.807, 2.05) is 19.0 Å². The lowest BCUT2D eigenvalue weighted by Crippen LogP contribution is -2.30. The van der Waals surface area contributed by atoms with E-state index in [9.17, 15) is 9.59 Å². The summed E-state index contributed by atoms with van der Waals surface area (Å²) in [6, 6.07) is 9.89. The fourth-order valence-electron chi connectivity index (χ4n) is 2.27. The molecule has 1 N–H and O–H groups in total. The Labute approximate surface area is 151 Å². The lowest BCUT2D eigenvalue weighted by molar-refractivity contribution is -0.141. The average molecular weight is 362 g/mol. The monoisotopic (exact) mass is 361 g/mol. The number of rotatable bonds is 6. The highest BCUT2D eigenvalue weighted by atomic mass is 35.5. The van der Waals surface area contributed by atoms with Gasteiger partial charge in [0.15, 0.2) is 0 Å². The van der Waals surface area contributed by atoms with Crippen molar-refractivity contribution in [3.8, 4) is 0 Å². The van der Waals surface area contributed by atoms with E-state index in [1.165, 1.54) is 13.3 Å². The highest BCUT2D eigenvalue weighted by molar-refractivity contribution is 6.31. The van der Waals surface area contributed by atoms with Crippen LogP contribution in [0, 0.1) is 0 Å². The Morgan fingerprint density at radius 3 is 2.52 bits per heavy atom. The Morgan fingerprint density at radius 1 is 1.24 bits per heavy atom. The molecule has 1 amide bonds. The van der Waals surface area contributed by atoms with Gasteiger partial charge in [0.25, 0.3) is 5.91 Å². The number of hydrogen-bond donors (Lipinski definition) is 1. The first-order valence-electron chi connectivity index (χ1n) is 7.68. The number of esters is 1. The smallest absolute Gasteiger partial charge is 0.307 e. The van der Waals surface area contributed by atoms with Gasteiger partial charge < -0.3 is 15.0 Å². The number of ether oxygens (including phenoxy) is 1. The molecule has 0 fully saturated rings. The van der Waals surface area contributed by atoms with Crippen LogP contribution in [-0.4, -0.2) is 38.1 Å². The van der Waals surface area contributed by atoms with Crippen molar-refractivity contribution < 1.29 is 14.3 Å². The minimum Gasteiger partial charge on any atom is -0.469 e. The summed E-state index contributed by atoms with van der Waals surface area (Å²) < 4.78 is 4.72. The molecule has 7 heteroatoms. The maximum atomic E-state index is 12.5. The Balaban J connectivity index is 2.22. The van der Waals surface area contributed by atoms with Crippen molar-refractivity contribution >= 4 is 29.3 Å². The molecule has 1 atom stereocenters. The van der Waals surface area contributed by atoms with Crippen molar-refractivity contribution in [2.24, 2.45) is 0 Å². The van der Waals surface area contributed by atoms with Crippen LogP contribution in [0.5, 0.6) is 0 Å². The molecule has 0 saturated heterocycles. The quantitative estimate of drug-likeness (QED) is 0.801. The highest BCUT2D eigenvalue weighted by Gasteiger charge is 2.21. The predicted molar refractivity (Wildman–Crippen MR) is 96.9 cm³/mol. The fraction of sp³-hybridized carbons (Fsp3) is 0.278. The van der Waals surface area contributed by atoms with Crippen LogP contribution >= 0.6 is 11.6 Å². The van der Waals surface area contributed by atoms with E-state index < -0.39 is 12.0 Å². The third-order valence-electron chi connectivity index (χ3n) is 3.65. The van der Waals surface area contributed by atoms with Gasteiger partial charge in [-0.3, -0.25) is 9.59 Å². The zero-order valence-electron chi connectivity index (χ0n) is 14.3. The molecule has 0 saturated carbocycles. The molecule has 0 aliphatic heterocycles. The number of benzene rings is 1. The van der Waals surface area contributed by atoms with Crippen LogP contribution in [0.1, 0.15) is 28.4 Å². The minimum absolute atomic E-state index is 0.0187. The van der Waals surface area contributed by atoms with Crippen molar-refractivity contribution in [2.45, 2.75) is 12.5 Å². The Hall–Kier alpha value is -2.60. The molecule has 0 unspecified atom stereocenters. The largest absolute Gasteiger partial charge is 0.469 e. The summed E-state index contributed by atoms with van der Waals surface area (Å²) in [5.74, 6) is -0.0355. The molecule has 0 bridgehead atoms. The second-order valence-electron chi connectivity index (χ2n) is 5.63. The van der Waals surface area contributed by atoms with Crippen molar-refractivity contribution in [3.63, 3.8) is 0 Å². The lowest BCUT2D eigenvalue weighted by atomic mass is 10.0. The lowest BCUT2D eigenvalue weighted by Gasteiger charge is -2.19. The molecular weight excluding hydrogens is 342 g/mol. The van der Waals surface area contributed by atoms with Gasteiger partial charge in [-0.1, -0.05) is 29.8 Å². The number of amides is 1. The number of aromatic nitrogens is 1. The maximum absolute atomic E-state index is 12.5. The van der Waals surface area contributed by atoms with Crippen molar-refractivity contribution in [1.29, 1.82) is 0 Å². The topological polar surface area (TPSA) is 71.5 Å². The number of hydrogen-bond acceptors (Lipinski definition) is 5. The summed E-state index contributed by atoms with van der Waals surface area (Å²) in [7, 11) is 5.04. The molecule has 1 aromatic carbocycles. The zero-order valence-corrected chi connectivity index (χ0v) is 15.1. The molecule has 2 rings (SSSR count). The Morgan fingerprint density at radius 2 is 1.96 bits per heavy atom. The van der Waals surface area contributed by atoms with Gasteiger partial charge in [0.1, 0.15) is 5.82 Å². The summed E-state index contributed by atoms with van der Waals surface area (Å²) >= 11 is 6.21. The summed E-state index contributed by atoms with van der Waals surface area (Å²) in [6.45, 7) is 0. The van der Waals surface area contributed by atoms with E-state index in [-0.39, 0.29) is 12.3 Å². The normalized spacial score (nSPS) is 11.5. The van der Waals surface area contributed by atoms with Gasteiger partial charge in [0.05, 0.1) is 25.1 Å². The molecule has 1 heterocycles. The van der Waals surface area contributed by atoms with Gasteiger partial charge in [-0.05, 0) is 23.8 Å². The number of nitrogens with one attached hydrogen (secondary N) is 1. The summed E-state index contributed by atoms with van der Waals surface area (Å²) in [4.78, 5) is 30.3. The summed E-state index contributed by atoms with van der Waals surface area (Å²) in [5.41, 5.74) is 1.05. The van der Waals surface area contributed by atoms with Gasteiger partial charge in [0, 0.05) is 25.3 Å². The third kappa shape index (κ3) is 4.93. The number of pyridine rings is 1. The fourth-order valence-corrected chi connectivity index (χ4v) is 2.54. The second kappa shape index (κ2) is 8.48. The second-order valence-corrected chi connectivity index (χ2v) is 6.03. The standard InChI is InChI=1S/C18H20ClN3O3/c1-22(2)16-9-8-12(11-20-16)18(24)21-15(10-17(23)25-3)13-6-4-5-7-14(13)19/h4-9,11,15H,10H2,1-3H3,(H,21,24)/t15-/m1/s1. The number of nitrogens with zero attached hydrogens (tertiary/aromatic N) is 2. The predicted octanol–water partition coefficient (Wildman–Crippen LogP) is 2.84. The number of halogens is 1. The molecule has 1 aromatic heterocycles. The Kier molecular flexibility index (Phi) is 6.36. The van der Waals surface area contributed by atoms with Gasteiger partial charge >= 0.3 is 5.97 Å². The van der Waals surface area contributed by atoms with Crippen LogP contribution in [0.3, 0.4) is 0 Å². The first-order valence-corrected chi connectivity index (χ1v) is 8.05. The van der Waals surface area contributed by atoms with Crippen LogP contribution in [-0.2, 0) is 9.53 Å². The molecule has 132 valence electrons. The first-order chi connectivity index (χ1) is 11.9. The maximum Gasteiger partial charge on any atom is 0.307 e. The van der Waals surface area contributed by atoms with Gasteiger partial charge in [-0.25, -0.2) is 4.98 Å². The molecule has 0 radical (unpaired) electrons. The van der Waals surface area contributed by atoms with Gasteiger partial charge in [-0.2, -0.15) is 0 Å². The minimum atomic E-state index is -0.595. The molecule has 0 aliphatic carbocycles. The highest BCUT2D eigenvalue weighted by Crippen LogP contribution is 2.26. The molecule has 2 aromatic rings.